The number of hydrogen-bond donors (Lipinski definition) is 3. The van der Waals surface area contributed by atoms with Gasteiger partial charge in [0.05, 0.1) is 4.90 Å². The molecule has 0 unspecified atom stereocenters. The van der Waals surface area contributed by atoms with E-state index in [2.05, 4.69) is 5.32 Å². The first-order valence-corrected chi connectivity index (χ1v) is 8.47. The zero-order valence-corrected chi connectivity index (χ0v) is 12.9. The number of carbonyl (C=O) groups excluding carboxylic acids is 1. The minimum atomic E-state index is -3.80. The summed E-state index contributed by atoms with van der Waals surface area (Å²) in [6.07, 6.45) is 4.02. The van der Waals surface area contributed by atoms with Crippen molar-refractivity contribution in [2.75, 3.05) is 5.32 Å². The van der Waals surface area contributed by atoms with Crippen LogP contribution in [0.4, 0.5) is 5.69 Å². The Morgan fingerprint density at radius 1 is 1.33 bits per heavy atom. The molecule has 2 rings (SSSR count). The summed E-state index contributed by atoms with van der Waals surface area (Å²) in [5.41, 5.74) is 6.63. The van der Waals surface area contributed by atoms with E-state index in [0.29, 0.717) is 11.3 Å². The number of sulfonamides is 1. The molecular weight excluding hydrogens is 290 g/mol. The van der Waals surface area contributed by atoms with Gasteiger partial charge < -0.3 is 11.1 Å². The molecule has 0 bridgehead atoms. The number of amides is 1. The molecule has 1 saturated carbocycles. The number of nitrogens with one attached hydrogen (secondary N) is 1. The maximum Gasteiger partial charge on any atom is 0.238 e. The van der Waals surface area contributed by atoms with Gasteiger partial charge in [-0.15, -0.1) is 0 Å². The third kappa shape index (κ3) is 3.81. The Morgan fingerprint density at radius 3 is 2.52 bits per heavy atom. The first kappa shape index (κ1) is 15.9. The van der Waals surface area contributed by atoms with Crippen LogP contribution >= 0.6 is 0 Å². The highest BCUT2D eigenvalue weighted by atomic mass is 32.2. The van der Waals surface area contributed by atoms with Crippen LogP contribution in [0.3, 0.4) is 0 Å². The van der Waals surface area contributed by atoms with Gasteiger partial charge in [0.15, 0.2) is 0 Å². The lowest BCUT2D eigenvalue weighted by Crippen LogP contribution is -2.40. The van der Waals surface area contributed by atoms with E-state index in [9.17, 15) is 13.2 Å². The summed E-state index contributed by atoms with van der Waals surface area (Å²) < 4.78 is 22.9. The average molecular weight is 311 g/mol. The van der Waals surface area contributed by atoms with E-state index < -0.39 is 15.6 Å². The summed E-state index contributed by atoms with van der Waals surface area (Å²) in [6, 6.07) is 4.62. The van der Waals surface area contributed by atoms with Crippen LogP contribution in [-0.4, -0.2) is 19.9 Å². The van der Waals surface area contributed by atoms with Crippen LogP contribution in [0.2, 0.25) is 0 Å². The fourth-order valence-electron chi connectivity index (χ4n) is 2.83. The largest absolute Gasteiger partial charge is 0.326 e. The summed E-state index contributed by atoms with van der Waals surface area (Å²) in [5.74, 6) is -0.200. The van der Waals surface area contributed by atoms with Crippen LogP contribution in [0.25, 0.3) is 0 Å². The molecule has 7 heteroatoms. The molecule has 0 atom stereocenters. The van der Waals surface area contributed by atoms with Gasteiger partial charge in [0.25, 0.3) is 0 Å². The van der Waals surface area contributed by atoms with Crippen molar-refractivity contribution in [2.24, 2.45) is 10.9 Å². The van der Waals surface area contributed by atoms with Gasteiger partial charge in [-0.2, -0.15) is 0 Å². The topological polar surface area (TPSA) is 115 Å². The molecule has 0 aromatic heterocycles. The van der Waals surface area contributed by atoms with E-state index in [0.717, 1.165) is 25.7 Å². The molecular formula is C14H21N3O3S. The third-order valence-corrected chi connectivity index (χ3v) is 5.03. The quantitative estimate of drug-likeness (QED) is 0.776. The molecule has 1 amide bonds. The second-order valence-electron chi connectivity index (χ2n) is 5.77. The summed E-state index contributed by atoms with van der Waals surface area (Å²) in [7, 11) is -3.80. The van der Waals surface area contributed by atoms with Gasteiger partial charge in [-0.05, 0) is 37.5 Å². The summed E-state index contributed by atoms with van der Waals surface area (Å²) in [6.45, 7) is 1.61. The van der Waals surface area contributed by atoms with Gasteiger partial charge in [-0.25, -0.2) is 13.6 Å². The normalized spacial score (nSPS) is 17.7. The van der Waals surface area contributed by atoms with Crippen molar-refractivity contribution in [2.45, 2.75) is 49.5 Å². The van der Waals surface area contributed by atoms with Crippen LogP contribution < -0.4 is 16.2 Å². The third-order valence-electron chi connectivity index (χ3n) is 3.98. The van der Waals surface area contributed by atoms with E-state index >= 15 is 0 Å². The van der Waals surface area contributed by atoms with Crippen molar-refractivity contribution < 1.29 is 13.2 Å². The number of benzene rings is 1. The Morgan fingerprint density at radius 2 is 1.95 bits per heavy atom. The zero-order valence-electron chi connectivity index (χ0n) is 12.1. The van der Waals surface area contributed by atoms with E-state index in [1.54, 1.807) is 19.1 Å². The van der Waals surface area contributed by atoms with Gasteiger partial charge in [0.1, 0.15) is 0 Å². The number of primary sulfonamides is 1. The molecule has 6 nitrogen and oxygen atoms in total. The van der Waals surface area contributed by atoms with Crippen LogP contribution in [-0.2, 0) is 14.8 Å². The zero-order chi connectivity index (χ0) is 15.7. The molecule has 116 valence electrons. The van der Waals surface area contributed by atoms with Crippen LogP contribution in [0.5, 0.6) is 0 Å². The second kappa shape index (κ2) is 5.75. The Hall–Kier alpha value is -1.44. The minimum absolute atomic E-state index is 0.0172. The van der Waals surface area contributed by atoms with Gasteiger partial charge in [0.2, 0.25) is 15.9 Å². The van der Waals surface area contributed by atoms with Crippen LogP contribution in [0.1, 0.15) is 37.7 Å². The van der Waals surface area contributed by atoms with Gasteiger partial charge in [0, 0.05) is 17.6 Å². The molecule has 0 saturated heterocycles. The van der Waals surface area contributed by atoms with Crippen molar-refractivity contribution >= 4 is 21.6 Å². The van der Waals surface area contributed by atoms with Crippen molar-refractivity contribution in [3.63, 3.8) is 0 Å². The first-order valence-electron chi connectivity index (χ1n) is 6.92. The van der Waals surface area contributed by atoms with E-state index in [1.165, 1.54) is 6.07 Å². The highest BCUT2D eigenvalue weighted by Crippen LogP contribution is 2.30. The predicted octanol–water partition coefficient (Wildman–Crippen LogP) is 1.24. The minimum Gasteiger partial charge on any atom is -0.326 e. The molecule has 1 aliphatic carbocycles. The molecule has 1 aromatic rings. The smallest absolute Gasteiger partial charge is 0.238 e. The number of anilines is 1. The lowest BCUT2D eigenvalue weighted by molar-refractivity contribution is -0.117. The number of carbonyl (C=O) groups is 1. The summed E-state index contributed by atoms with van der Waals surface area (Å²) >= 11 is 0. The molecule has 0 radical (unpaired) electrons. The first-order chi connectivity index (χ1) is 9.71. The monoisotopic (exact) mass is 311 g/mol. The van der Waals surface area contributed by atoms with Crippen LogP contribution in [0.15, 0.2) is 23.1 Å². The fourth-order valence-corrected chi connectivity index (χ4v) is 3.63. The molecule has 1 aliphatic rings. The van der Waals surface area contributed by atoms with Gasteiger partial charge >= 0.3 is 0 Å². The summed E-state index contributed by atoms with van der Waals surface area (Å²) in [5, 5.41) is 7.89. The van der Waals surface area contributed by atoms with E-state index in [1.807, 2.05) is 0 Å². The second-order valence-corrected chi connectivity index (χ2v) is 7.30. The molecule has 21 heavy (non-hydrogen) atoms. The maximum absolute atomic E-state index is 12.1. The molecule has 0 spiro atoms. The van der Waals surface area contributed by atoms with Crippen molar-refractivity contribution in [1.29, 1.82) is 0 Å². The molecule has 0 aliphatic heterocycles. The number of hydrogen-bond acceptors (Lipinski definition) is 4. The Balaban J connectivity index is 2.15. The highest BCUT2D eigenvalue weighted by Gasteiger charge is 2.31. The lowest BCUT2D eigenvalue weighted by atomic mass is 9.94. The van der Waals surface area contributed by atoms with Gasteiger partial charge in [-0.3, -0.25) is 4.79 Å². The molecule has 5 N–H and O–H groups in total. The Bertz CT molecular complexity index is 649. The number of nitrogens with two attached hydrogens (primary N) is 2. The van der Waals surface area contributed by atoms with Crippen molar-refractivity contribution in [1.82, 2.24) is 0 Å². The van der Waals surface area contributed by atoms with Crippen molar-refractivity contribution in [3.05, 3.63) is 23.8 Å². The molecule has 1 aromatic carbocycles. The highest BCUT2D eigenvalue weighted by molar-refractivity contribution is 7.89. The summed E-state index contributed by atoms with van der Waals surface area (Å²) in [4.78, 5) is 12.1. The standard InChI is InChI=1S/C14H21N3O3S/c1-10-11(5-4-6-12(10)21(16,19)20)17-13(18)9-14(15)7-2-3-8-14/h4-6H,2-3,7-9,15H2,1H3,(H,17,18)(H2,16,19,20). The predicted molar refractivity (Wildman–Crippen MR) is 81.2 cm³/mol. The van der Waals surface area contributed by atoms with E-state index in [4.69, 9.17) is 10.9 Å². The van der Waals surface area contributed by atoms with E-state index in [-0.39, 0.29) is 17.2 Å². The number of rotatable bonds is 4. The Labute approximate surface area is 124 Å². The molecule has 0 heterocycles. The molecule has 1 fully saturated rings. The van der Waals surface area contributed by atoms with Crippen LogP contribution in [0, 0.1) is 6.92 Å². The Kier molecular flexibility index (Phi) is 4.36. The fraction of sp³-hybridized carbons (Fsp3) is 0.500. The average Bonchev–Trinajstić information content (AvgIpc) is 2.76. The SMILES string of the molecule is Cc1c(NC(=O)CC2(N)CCCC2)cccc1S(N)(=O)=O. The maximum atomic E-state index is 12.1. The lowest BCUT2D eigenvalue weighted by Gasteiger charge is -2.23. The van der Waals surface area contributed by atoms with Gasteiger partial charge in [-0.1, -0.05) is 18.9 Å². The van der Waals surface area contributed by atoms with Crippen molar-refractivity contribution in [3.8, 4) is 0 Å².